The molecule has 144 valence electrons. The molecule has 0 aromatic heterocycles. The highest BCUT2D eigenvalue weighted by Crippen LogP contribution is 2.37. The predicted octanol–water partition coefficient (Wildman–Crippen LogP) is 2.55. The van der Waals surface area contributed by atoms with E-state index in [0.717, 1.165) is 48.2 Å². The summed E-state index contributed by atoms with van der Waals surface area (Å²) in [6.45, 7) is 3.39. The van der Waals surface area contributed by atoms with Gasteiger partial charge in [0.1, 0.15) is 0 Å². The van der Waals surface area contributed by atoms with Crippen molar-refractivity contribution in [2.45, 2.75) is 44.6 Å². The van der Waals surface area contributed by atoms with Gasteiger partial charge in [-0.2, -0.15) is 0 Å². The van der Waals surface area contributed by atoms with E-state index >= 15 is 0 Å². The van der Waals surface area contributed by atoms with Crippen LogP contribution in [-0.2, 0) is 16.4 Å². The van der Waals surface area contributed by atoms with Gasteiger partial charge >= 0.3 is 0 Å². The van der Waals surface area contributed by atoms with Gasteiger partial charge in [0.05, 0.1) is 18.0 Å². The average molecular weight is 379 g/mol. The number of benzene rings is 1. The maximum atomic E-state index is 11.9. The number of rotatable bonds is 4. The highest BCUT2D eigenvalue weighted by atomic mass is 32.2. The molecule has 1 aromatic carbocycles. The van der Waals surface area contributed by atoms with Crippen LogP contribution in [0, 0.1) is 11.8 Å². The molecule has 2 aliphatic heterocycles. The third kappa shape index (κ3) is 3.64. The number of piperidine rings is 1. The van der Waals surface area contributed by atoms with E-state index in [0.29, 0.717) is 13.1 Å². The molecular formula is C20H30N2O3S. The molecular weight excluding hydrogens is 348 g/mol. The summed E-state index contributed by atoms with van der Waals surface area (Å²) in [4.78, 5) is 2.42. The molecule has 26 heavy (non-hydrogen) atoms. The smallest absolute Gasteiger partial charge is 0.232 e. The van der Waals surface area contributed by atoms with Crippen LogP contribution in [0.4, 0.5) is 5.69 Å². The molecule has 3 atom stereocenters. The number of aliphatic hydroxyl groups excluding tert-OH is 1. The van der Waals surface area contributed by atoms with Crippen molar-refractivity contribution in [2.24, 2.45) is 11.8 Å². The highest BCUT2D eigenvalue weighted by Gasteiger charge is 2.32. The lowest BCUT2D eigenvalue weighted by Gasteiger charge is -2.41. The van der Waals surface area contributed by atoms with Crippen LogP contribution in [0.3, 0.4) is 0 Å². The third-order valence-electron chi connectivity index (χ3n) is 6.55. The van der Waals surface area contributed by atoms with E-state index in [1.807, 2.05) is 18.2 Å². The molecule has 1 aromatic rings. The van der Waals surface area contributed by atoms with Gasteiger partial charge < -0.3 is 10.0 Å². The quantitative estimate of drug-likeness (QED) is 0.875. The van der Waals surface area contributed by atoms with Gasteiger partial charge in [-0.3, -0.25) is 4.31 Å². The van der Waals surface area contributed by atoms with Crippen molar-refractivity contribution in [3.63, 3.8) is 0 Å². The average Bonchev–Trinajstić information content (AvgIpc) is 3.05. The fourth-order valence-electron chi connectivity index (χ4n) is 5.14. The molecule has 6 heteroatoms. The Morgan fingerprint density at radius 1 is 1.15 bits per heavy atom. The summed E-state index contributed by atoms with van der Waals surface area (Å²) in [5.41, 5.74) is 2.70. The third-order valence-corrected chi connectivity index (χ3v) is 7.73. The van der Waals surface area contributed by atoms with Crippen LogP contribution in [0.1, 0.15) is 49.3 Å². The minimum Gasteiger partial charge on any atom is -0.387 e. The first kappa shape index (κ1) is 18.3. The fourth-order valence-corrected chi connectivity index (χ4v) is 6.09. The molecule has 5 nitrogen and oxygen atoms in total. The molecule has 1 saturated heterocycles. The van der Waals surface area contributed by atoms with Gasteiger partial charge in [-0.05, 0) is 54.8 Å². The largest absolute Gasteiger partial charge is 0.387 e. The van der Waals surface area contributed by atoms with Crippen LogP contribution in [0.5, 0.6) is 0 Å². The van der Waals surface area contributed by atoms with Crippen LogP contribution < -0.4 is 4.31 Å². The topological polar surface area (TPSA) is 60.9 Å². The Morgan fingerprint density at radius 2 is 1.92 bits per heavy atom. The summed E-state index contributed by atoms with van der Waals surface area (Å²) in [5, 5.41) is 10.8. The van der Waals surface area contributed by atoms with Crippen molar-refractivity contribution < 1.29 is 13.5 Å². The zero-order chi connectivity index (χ0) is 18.3. The Kier molecular flexibility index (Phi) is 5.01. The molecule has 0 radical (unpaired) electrons. The second kappa shape index (κ2) is 7.13. The van der Waals surface area contributed by atoms with E-state index < -0.39 is 16.1 Å². The zero-order valence-electron chi connectivity index (χ0n) is 15.6. The number of aliphatic hydroxyl groups is 1. The van der Waals surface area contributed by atoms with E-state index in [1.54, 1.807) is 0 Å². The molecule has 0 spiro atoms. The van der Waals surface area contributed by atoms with E-state index in [-0.39, 0.29) is 0 Å². The lowest BCUT2D eigenvalue weighted by Crippen LogP contribution is -2.43. The first-order valence-corrected chi connectivity index (χ1v) is 11.8. The van der Waals surface area contributed by atoms with E-state index in [4.69, 9.17) is 0 Å². The SMILES string of the molecule is CS(=O)(=O)N1CCc2cc(C(O)CN3CCC4CCCCC4C3)ccc21. The second-order valence-corrected chi connectivity index (χ2v) is 10.2. The molecule has 0 bridgehead atoms. The summed E-state index contributed by atoms with van der Waals surface area (Å²) in [6, 6.07) is 5.74. The molecule has 1 saturated carbocycles. The molecule has 0 amide bonds. The maximum Gasteiger partial charge on any atom is 0.232 e. The molecule has 2 fully saturated rings. The molecule has 4 rings (SSSR count). The van der Waals surface area contributed by atoms with Crippen molar-refractivity contribution in [3.05, 3.63) is 29.3 Å². The Morgan fingerprint density at radius 3 is 2.69 bits per heavy atom. The standard InChI is InChI=1S/C20H30N2O3S/c1-26(24,25)22-11-9-16-12-17(6-7-19(16)22)20(23)14-21-10-8-15-4-2-3-5-18(15)13-21/h6-7,12,15,18,20,23H,2-5,8-11,13-14H2,1H3. The van der Waals surface area contributed by atoms with Crippen molar-refractivity contribution in [1.82, 2.24) is 4.90 Å². The van der Waals surface area contributed by atoms with Gasteiger partial charge in [0.25, 0.3) is 0 Å². The first-order chi connectivity index (χ1) is 12.4. The summed E-state index contributed by atoms with van der Waals surface area (Å²) in [5.74, 6) is 1.71. The van der Waals surface area contributed by atoms with Crippen molar-refractivity contribution in [3.8, 4) is 0 Å². The lowest BCUT2D eigenvalue weighted by atomic mass is 9.75. The number of hydrogen-bond donors (Lipinski definition) is 1. The van der Waals surface area contributed by atoms with E-state index in [2.05, 4.69) is 4.90 Å². The van der Waals surface area contributed by atoms with Crippen LogP contribution in [0.25, 0.3) is 0 Å². The predicted molar refractivity (Wildman–Crippen MR) is 104 cm³/mol. The summed E-state index contributed by atoms with van der Waals surface area (Å²) < 4.78 is 25.2. The monoisotopic (exact) mass is 378 g/mol. The van der Waals surface area contributed by atoms with Crippen LogP contribution in [0.2, 0.25) is 0 Å². The molecule has 2 heterocycles. The lowest BCUT2D eigenvalue weighted by molar-refractivity contribution is 0.0459. The summed E-state index contributed by atoms with van der Waals surface area (Å²) in [7, 11) is -3.22. The molecule has 3 aliphatic rings. The van der Waals surface area contributed by atoms with Gasteiger partial charge in [0, 0.05) is 19.6 Å². The zero-order valence-corrected chi connectivity index (χ0v) is 16.4. The van der Waals surface area contributed by atoms with Gasteiger partial charge in [-0.15, -0.1) is 0 Å². The number of hydrogen-bond acceptors (Lipinski definition) is 4. The van der Waals surface area contributed by atoms with E-state index in [1.165, 1.54) is 42.7 Å². The van der Waals surface area contributed by atoms with Crippen LogP contribution in [0.15, 0.2) is 18.2 Å². The second-order valence-electron chi connectivity index (χ2n) is 8.34. The van der Waals surface area contributed by atoms with Gasteiger partial charge in [0.15, 0.2) is 0 Å². The first-order valence-electron chi connectivity index (χ1n) is 9.93. The summed E-state index contributed by atoms with van der Waals surface area (Å²) >= 11 is 0. The molecule has 1 aliphatic carbocycles. The number of sulfonamides is 1. The van der Waals surface area contributed by atoms with Gasteiger partial charge in [0.2, 0.25) is 10.0 Å². The Balaban J connectivity index is 1.42. The van der Waals surface area contributed by atoms with E-state index in [9.17, 15) is 13.5 Å². The van der Waals surface area contributed by atoms with Crippen molar-refractivity contribution >= 4 is 15.7 Å². The number of anilines is 1. The van der Waals surface area contributed by atoms with Gasteiger partial charge in [-0.1, -0.05) is 31.4 Å². The Labute approximate surface area is 157 Å². The minimum atomic E-state index is -3.22. The van der Waals surface area contributed by atoms with Crippen LogP contribution >= 0.6 is 0 Å². The number of β-amino-alcohol motifs (C(OH)–C–C–N with tert-alkyl or cyclic N) is 1. The fraction of sp³-hybridized carbons (Fsp3) is 0.700. The van der Waals surface area contributed by atoms with Gasteiger partial charge in [-0.25, -0.2) is 8.42 Å². The van der Waals surface area contributed by atoms with Crippen LogP contribution in [-0.4, -0.2) is 50.9 Å². The number of nitrogens with zero attached hydrogens (tertiary/aromatic N) is 2. The highest BCUT2D eigenvalue weighted by molar-refractivity contribution is 7.92. The maximum absolute atomic E-state index is 11.9. The Bertz CT molecular complexity index is 764. The number of likely N-dealkylation sites (tertiary alicyclic amines) is 1. The Hall–Kier alpha value is -1.11. The molecule has 1 N–H and O–H groups in total. The van der Waals surface area contributed by atoms with Crippen molar-refractivity contribution in [2.75, 3.05) is 36.7 Å². The normalized spacial score (nSPS) is 27.8. The summed E-state index contributed by atoms with van der Waals surface area (Å²) in [6.07, 6.45) is 8.22. The minimum absolute atomic E-state index is 0.503. The van der Waals surface area contributed by atoms with Crippen molar-refractivity contribution in [1.29, 1.82) is 0 Å². The number of fused-ring (bicyclic) bond motifs is 2. The molecule has 3 unspecified atom stereocenters.